The number of ether oxygens (including phenoxy) is 4. The van der Waals surface area contributed by atoms with Crippen molar-refractivity contribution in [2.75, 3.05) is 26.4 Å². The first-order valence-electron chi connectivity index (χ1n) is 12.1. The van der Waals surface area contributed by atoms with Gasteiger partial charge >= 0.3 is 11.9 Å². The fourth-order valence-corrected chi connectivity index (χ4v) is 2.94. The second-order valence-corrected chi connectivity index (χ2v) is 8.53. The highest BCUT2D eigenvalue weighted by molar-refractivity contribution is 5.86. The zero-order chi connectivity index (χ0) is 26.9. The Balaban J connectivity index is 2.48. The van der Waals surface area contributed by atoms with E-state index in [9.17, 15) is 19.8 Å². The van der Waals surface area contributed by atoms with Crippen LogP contribution in [0.15, 0.2) is 60.2 Å². The Bertz CT molecular complexity index is 872. The first kappa shape index (κ1) is 31.1. The zero-order valence-corrected chi connectivity index (χ0v) is 21.8. The number of benzene rings is 1. The topological polar surface area (TPSA) is 112 Å². The summed E-state index contributed by atoms with van der Waals surface area (Å²) in [5, 5.41) is 19.8. The van der Waals surface area contributed by atoms with Crippen LogP contribution in [0.3, 0.4) is 0 Å². The van der Waals surface area contributed by atoms with E-state index in [-0.39, 0.29) is 44.1 Å². The molecule has 0 aliphatic rings. The summed E-state index contributed by atoms with van der Waals surface area (Å²) in [6.45, 7) is 10.5. The number of hydrogen-bond acceptors (Lipinski definition) is 8. The number of hydrogen-bond donors (Lipinski definition) is 2. The third-order valence-electron chi connectivity index (χ3n) is 4.88. The molecular weight excluding hydrogens is 464 g/mol. The smallest absolute Gasteiger partial charge is 0.333 e. The van der Waals surface area contributed by atoms with Crippen LogP contribution in [0, 0.1) is 0 Å². The molecule has 1 aromatic rings. The predicted molar refractivity (Wildman–Crippen MR) is 138 cm³/mol. The molecule has 0 fully saturated rings. The van der Waals surface area contributed by atoms with Crippen LogP contribution < -0.4 is 4.74 Å². The van der Waals surface area contributed by atoms with Crippen molar-refractivity contribution in [1.29, 1.82) is 0 Å². The maximum atomic E-state index is 11.4. The highest BCUT2D eigenvalue weighted by atomic mass is 16.6. The number of allylic oxidation sites excluding steroid dienone is 3. The van der Waals surface area contributed by atoms with Gasteiger partial charge in [0.15, 0.2) is 0 Å². The minimum absolute atomic E-state index is 0.0434. The van der Waals surface area contributed by atoms with E-state index in [1.165, 1.54) is 6.92 Å². The molecule has 0 aromatic heterocycles. The normalized spacial score (nSPS) is 14.2. The van der Waals surface area contributed by atoms with Gasteiger partial charge < -0.3 is 29.2 Å². The Labute approximate surface area is 214 Å². The van der Waals surface area contributed by atoms with Gasteiger partial charge in [0.2, 0.25) is 0 Å². The summed E-state index contributed by atoms with van der Waals surface area (Å²) in [5.74, 6) is -0.259. The van der Waals surface area contributed by atoms with Gasteiger partial charge in [-0.1, -0.05) is 43.9 Å². The molecule has 3 atom stereocenters. The summed E-state index contributed by atoms with van der Waals surface area (Å²) in [5.41, 5.74) is 2.51. The first-order valence-corrected chi connectivity index (χ1v) is 12.1. The van der Waals surface area contributed by atoms with Crippen molar-refractivity contribution in [2.45, 2.75) is 65.3 Å². The molecule has 0 aliphatic heterocycles. The average Bonchev–Trinajstić information content (AvgIpc) is 2.83. The van der Waals surface area contributed by atoms with Gasteiger partial charge in [-0.05, 0) is 50.0 Å². The molecule has 0 spiro atoms. The van der Waals surface area contributed by atoms with Crippen molar-refractivity contribution in [3.05, 3.63) is 65.8 Å². The van der Waals surface area contributed by atoms with Gasteiger partial charge in [0.05, 0.1) is 25.4 Å². The maximum absolute atomic E-state index is 11.4. The molecule has 0 aliphatic carbocycles. The molecule has 2 N–H and O–H groups in total. The van der Waals surface area contributed by atoms with Crippen LogP contribution >= 0.6 is 0 Å². The number of carbonyl (C=O) groups excluding carboxylic acids is 2. The average molecular weight is 505 g/mol. The van der Waals surface area contributed by atoms with Gasteiger partial charge in [0.1, 0.15) is 25.1 Å². The number of aliphatic hydroxyl groups excluding tert-OH is 2. The van der Waals surface area contributed by atoms with E-state index in [2.05, 4.69) is 19.6 Å². The largest absolute Gasteiger partial charge is 0.491 e. The molecule has 8 heteroatoms. The fraction of sp³-hybridized carbons (Fsp3) is 0.500. The minimum Gasteiger partial charge on any atom is -0.491 e. The molecule has 0 amide bonds. The van der Waals surface area contributed by atoms with Gasteiger partial charge in [-0.2, -0.15) is 0 Å². The molecule has 200 valence electrons. The summed E-state index contributed by atoms with van der Waals surface area (Å²) in [6.07, 6.45) is 6.12. The summed E-state index contributed by atoms with van der Waals surface area (Å²) in [4.78, 5) is 22.1. The molecule has 0 radical (unpaired) electrons. The molecule has 36 heavy (non-hydrogen) atoms. The summed E-state index contributed by atoms with van der Waals surface area (Å²) < 4.78 is 21.0. The molecule has 1 aromatic carbocycles. The Morgan fingerprint density at radius 3 is 2.33 bits per heavy atom. The van der Waals surface area contributed by atoms with Crippen molar-refractivity contribution in [2.24, 2.45) is 0 Å². The lowest BCUT2D eigenvalue weighted by Gasteiger charge is -2.14. The highest BCUT2D eigenvalue weighted by Gasteiger charge is 2.11. The highest BCUT2D eigenvalue weighted by Crippen LogP contribution is 2.17. The SMILES string of the molecule is C=C(C)C(=O)OCC(O)COC(C)/C=C\C(=C/CC)Cc1ccc(OCC(O)CCOC(C)=O)cc1. The van der Waals surface area contributed by atoms with E-state index >= 15 is 0 Å². The molecular formula is C28H40O8. The van der Waals surface area contributed by atoms with Crippen LogP contribution in [0.4, 0.5) is 0 Å². The Hall–Kier alpha value is -2.94. The quantitative estimate of drug-likeness (QED) is 0.188. The van der Waals surface area contributed by atoms with Gasteiger partial charge in [-0.15, -0.1) is 0 Å². The van der Waals surface area contributed by atoms with E-state index in [0.717, 1.165) is 24.0 Å². The fourth-order valence-electron chi connectivity index (χ4n) is 2.94. The molecule has 0 heterocycles. The Morgan fingerprint density at radius 2 is 1.72 bits per heavy atom. The number of rotatable bonds is 17. The van der Waals surface area contributed by atoms with Crippen molar-refractivity contribution in [3.8, 4) is 5.75 Å². The zero-order valence-electron chi connectivity index (χ0n) is 21.8. The second kappa shape index (κ2) is 17.5. The van der Waals surface area contributed by atoms with Crippen LogP contribution in [-0.2, 0) is 30.2 Å². The van der Waals surface area contributed by atoms with E-state index < -0.39 is 18.2 Å². The molecule has 0 saturated heterocycles. The predicted octanol–water partition coefficient (Wildman–Crippen LogP) is 3.70. The van der Waals surface area contributed by atoms with E-state index in [4.69, 9.17) is 18.9 Å². The summed E-state index contributed by atoms with van der Waals surface area (Å²) in [6, 6.07) is 7.66. The van der Waals surface area contributed by atoms with Crippen molar-refractivity contribution >= 4 is 11.9 Å². The summed E-state index contributed by atoms with van der Waals surface area (Å²) in [7, 11) is 0. The number of aliphatic hydroxyl groups is 2. The van der Waals surface area contributed by atoms with E-state index in [1.54, 1.807) is 6.92 Å². The van der Waals surface area contributed by atoms with Crippen LogP contribution in [0.5, 0.6) is 5.75 Å². The maximum Gasteiger partial charge on any atom is 0.333 e. The lowest BCUT2D eigenvalue weighted by Crippen LogP contribution is -2.25. The Kier molecular flexibility index (Phi) is 15.1. The Morgan fingerprint density at radius 1 is 1.03 bits per heavy atom. The molecule has 0 bridgehead atoms. The monoisotopic (exact) mass is 504 g/mol. The first-order chi connectivity index (χ1) is 17.1. The van der Waals surface area contributed by atoms with Gasteiger partial charge in [-0.3, -0.25) is 4.79 Å². The van der Waals surface area contributed by atoms with Crippen LogP contribution in [0.25, 0.3) is 0 Å². The number of carbonyl (C=O) groups is 2. The number of esters is 2. The van der Waals surface area contributed by atoms with Crippen molar-refractivity contribution < 1.29 is 38.7 Å². The lowest BCUT2D eigenvalue weighted by atomic mass is 10.0. The third-order valence-corrected chi connectivity index (χ3v) is 4.88. The molecule has 0 saturated carbocycles. The molecule has 8 nitrogen and oxygen atoms in total. The van der Waals surface area contributed by atoms with Crippen LogP contribution in [0.1, 0.15) is 46.1 Å². The summed E-state index contributed by atoms with van der Waals surface area (Å²) >= 11 is 0. The van der Waals surface area contributed by atoms with Gasteiger partial charge in [0, 0.05) is 18.9 Å². The minimum atomic E-state index is -0.912. The van der Waals surface area contributed by atoms with Gasteiger partial charge in [-0.25, -0.2) is 4.79 Å². The van der Waals surface area contributed by atoms with Crippen LogP contribution in [0.2, 0.25) is 0 Å². The van der Waals surface area contributed by atoms with E-state index in [1.807, 2.05) is 43.3 Å². The van der Waals surface area contributed by atoms with Crippen molar-refractivity contribution in [3.63, 3.8) is 0 Å². The van der Waals surface area contributed by atoms with Crippen molar-refractivity contribution in [1.82, 2.24) is 0 Å². The molecule has 1 rings (SSSR count). The lowest BCUT2D eigenvalue weighted by molar-refractivity contribution is -0.143. The third kappa shape index (κ3) is 14.5. The standard InChI is InChI=1S/C28H40O8/c1-6-7-23(9-8-21(4)34-18-26(31)19-36-28(32)20(2)3)16-24-10-12-27(13-11-24)35-17-25(30)14-15-33-22(5)29/h7-13,21,25-26,30-31H,2,6,14-19H2,1,3-5H3/b9-8-,23-7+. The van der Waals surface area contributed by atoms with Gasteiger partial charge in [0.25, 0.3) is 0 Å². The second-order valence-electron chi connectivity index (χ2n) is 8.53. The van der Waals surface area contributed by atoms with E-state index in [0.29, 0.717) is 12.2 Å². The molecule has 3 unspecified atom stereocenters. The van der Waals surface area contributed by atoms with Crippen LogP contribution in [-0.4, -0.2) is 66.9 Å².